The van der Waals surface area contributed by atoms with Gasteiger partial charge in [0.05, 0.1) is 0 Å². The molecule has 4 rings (SSSR count). The van der Waals surface area contributed by atoms with Gasteiger partial charge in [-0.2, -0.15) is 0 Å². The minimum absolute atomic E-state index is 0.708. The predicted molar refractivity (Wildman–Crippen MR) is 142 cm³/mol. The average molecular weight is 461 g/mol. The van der Waals surface area contributed by atoms with Crippen LogP contribution < -0.4 is 20.7 Å². The Kier molecular flexibility index (Phi) is 6.17. The second-order valence-electron chi connectivity index (χ2n) is 8.70. The number of hydrogen-bond acceptors (Lipinski definition) is 1. The molecule has 0 aliphatic carbocycles. The van der Waals surface area contributed by atoms with Crippen molar-refractivity contribution in [2.24, 2.45) is 0 Å². The molecule has 0 spiro atoms. The summed E-state index contributed by atoms with van der Waals surface area (Å²) in [6.45, 7) is 6.35. The van der Waals surface area contributed by atoms with Gasteiger partial charge in [-0.1, -0.05) is 0 Å². The summed E-state index contributed by atoms with van der Waals surface area (Å²) in [5, 5.41) is 3.54. The van der Waals surface area contributed by atoms with Gasteiger partial charge in [0, 0.05) is 0 Å². The molecule has 3 heteroatoms. The van der Waals surface area contributed by atoms with E-state index in [1.807, 2.05) is 12.1 Å². The molecule has 0 aromatic heterocycles. The summed E-state index contributed by atoms with van der Waals surface area (Å²) in [6.07, 6.45) is 0.708. The maximum absolute atomic E-state index is 8.25. The molecular weight excluding hydrogens is 431 g/mol. The Hall–Kier alpha value is -2.60. The zero-order valence-electron chi connectivity index (χ0n) is 19.2. The molecule has 0 amide bonds. The molecule has 0 aliphatic rings. The van der Waals surface area contributed by atoms with Crippen LogP contribution in [0.1, 0.15) is 22.3 Å². The molecule has 32 heavy (non-hydrogen) atoms. The zero-order valence-corrected chi connectivity index (χ0v) is 20.8. The molecule has 0 atom stereocenters. The number of ether oxygens (including phenoxy) is 1. The van der Waals surface area contributed by atoms with Crippen LogP contribution in [0.25, 0.3) is 0 Å². The standard InChI is InChI=1S/C29H30ClOP/c1-22-8-14-27(15-9-22)32(30,28-16-10-23(2)11-17-28,29-18-12-24(3)13-19-29)21-25-6-5-7-26(20-25)31-4/h5-20H,21H2,1-4H3. The van der Waals surface area contributed by atoms with E-state index in [0.29, 0.717) is 6.16 Å². The van der Waals surface area contributed by atoms with Crippen molar-refractivity contribution in [3.05, 3.63) is 119 Å². The Morgan fingerprint density at radius 1 is 0.625 bits per heavy atom. The Bertz CT molecular complexity index is 1100. The van der Waals surface area contributed by atoms with Crippen molar-refractivity contribution in [1.29, 1.82) is 0 Å². The molecule has 4 aromatic rings. The molecule has 0 heterocycles. The van der Waals surface area contributed by atoms with E-state index in [2.05, 4.69) is 106 Å². The molecule has 0 saturated heterocycles. The zero-order chi connectivity index (χ0) is 22.8. The number of hydrogen-bond donors (Lipinski definition) is 0. The fraction of sp³-hybridized carbons (Fsp3) is 0.172. The third-order valence-electron chi connectivity index (χ3n) is 6.33. The van der Waals surface area contributed by atoms with Crippen molar-refractivity contribution in [3.63, 3.8) is 0 Å². The SMILES string of the molecule is COc1cccc(CP(Cl)(c2ccc(C)cc2)(c2ccc(C)cc2)c2ccc(C)cc2)c1. The molecule has 0 unspecified atom stereocenters. The number of methoxy groups -OCH3 is 1. The van der Waals surface area contributed by atoms with E-state index in [1.165, 1.54) is 38.2 Å². The molecule has 0 N–H and O–H groups in total. The number of rotatable bonds is 6. The normalized spacial score (nSPS) is 12.7. The van der Waals surface area contributed by atoms with Crippen LogP contribution in [0.15, 0.2) is 97.1 Å². The van der Waals surface area contributed by atoms with Crippen LogP contribution >= 0.6 is 17.2 Å². The van der Waals surface area contributed by atoms with Crippen LogP contribution in [0.4, 0.5) is 0 Å². The second kappa shape index (κ2) is 8.74. The Morgan fingerprint density at radius 2 is 1.03 bits per heavy atom. The van der Waals surface area contributed by atoms with Gasteiger partial charge in [-0.3, -0.25) is 0 Å². The minimum atomic E-state index is -3.37. The summed E-state index contributed by atoms with van der Waals surface area (Å²) in [4.78, 5) is 0. The van der Waals surface area contributed by atoms with Crippen LogP contribution in [-0.2, 0) is 6.16 Å². The summed E-state index contributed by atoms with van der Waals surface area (Å²) >= 11 is 8.25. The second-order valence-corrected chi connectivity index (χ2v) is 15.2. The van der Waals surface area contributed by atoms with Gasteiger partial charge in [0.1, 0.15) is 0 Å². The van der Waals surface area contributed by atoms with E-state index >= 15 is 0 Å². The van der Waals surface area contributed by atoms with Gasteiger partial charge in [-0.05, 0) is 0 Å². The van der Waals surface area contributed by atoms with Crippen LogP contribution in [0.5, 0.6) is 5.75 Å². The molecule has 0 bridgehead atoms. The maximum atomic E-state index is 8.25. The first kappa shape index (κ1) is 22.6. The van der Waals surface area contributed by atoms with Gasteiger partial charge < -0.3 is 0 Å². The summed E-state index contributed by atoms with van der Waals surface area (Å²) in [6, 6.07) is 34.7. The van der Waals surface area contributed by atoms with Crippen molar-refractivity contribution in [1.82, 2.24) is 0 Å². The summed E-state index contributed by atoms with van der Waals surface area (Å²) in [5.41, 5.74) is 4.85. The van der Waals surface area contributed by atoms with Gasteiger partial charge in [0.15, 0.2) is 0 Å². The predicted octanol–water partition coefficient (Wildman–Crippen LogP) is 6.80. The number of benzene rings is 4. The van der Waals surface area contributed by atoms with Gasteiger partial charge in [0.2, 0.25) is 0 Å². The third-order valence-corrected chi connectivity index (χ3v) is 13.5. The number of aryl methyl sites for hydroxylation is 3. The Labute approximate surface area is 196 Å². The molecule has 0 radical (unpaired) electrons. The van der Waals surface area contributed by atoms with Crippen LogP contribution in [0.3, 0.4) is 0 Å². The first-order valence-electron chi connectivity index (χ1n) is 10.9. The number of halogens is 1. The van der Waals surface area contributed by atoms with Crippen LogP contribution in [0, 0.1) is 20.8 Å². The van der Waals surface area contributed by atoms with E-state index in [-0.39, 0.29) is 0 Å². The Balaban J connectivity index is 2.08. The third kappa shape index (κ3) is 3.96. The van der Waals surface area contributed by atoms with Crippen molar-refractivity contribution < 1.29 is 4.74 Å². The topological polar surface area (TPSA) is 9.23 Å². The van der Waals surface area contributed by atoms with E-state index in [0.717, 1.165) is 5.75 Å². The van der Waals surface area contributed by atoms with E-state index in [1.54, 1.807) is 7.11 Å². The Morgan fingerprint density at radius 3 is 1.41 bits per heavy atom. The average Bonchev–Trinajstić information content (AvgIpc) is 2.80. The molecular formula is C29H30ClOP. The monoisotopic (exact) mass is 460 g/mol. The molecule has 1 nitrogen and oxygen atoms in total. The van der Waals surface area contributed by atoms with Crippen molar-refractivity contribution in [2.45, 2.75) is 26.9 Å². The van der Waals surface area contributed by atoms with Gasteiger partial charge in [-0.15, -0.1) is 0 Å². The van der Waals surface area contributed by atoms with E-state index in [9.17, 15) is 0 Å². The molecule has 0 aliphatic heterocycles. The fourth-order valence-electron chi connectivity index (χ4n) is 4.40. The molecule has 0 saturated carbocycles. The van der Waals surface area contributed by atoms with E-state index in [4.69, 9.17) is 16.0 Å². The van der Waals surface area contributed by atoms with Crippen molar-refractivity contribution in [3.8, 4) is 5.75 Å². The fourth-order valence-corrected chi connectivity index (χ4v) is 10.5. The summed E-state index contributed by atoms with van der Waals surface area (Å²) in [7, 11) is 1.71. The first-order chi connectivity index (χ1) is 15.3. The summed E-state index contributed by atoms with van der Waals surface area (Å²) < 4.78 is 5.54. The van der Waals surface area contributed by atoms with Crippen molar-refractivity contribution in [2.75, 3.05) is 7.11 Å². The first-order valence-corrected chi connectivity index (χ1v) is 14.2. The van der Waals surface area contributed by atoms with Crippen molar-refractivity contribution >= 4 is 33.1 Å². The quantitative estimate of drug-likeness (QED) is 0.287. The molecule has 164 valence electrons. The van der Waals surface area contributed by atoms with Gasteiger partial charge >= 0.3 is 197 Å². The molecule has 0 fully saturated rings. The molecule has 4 aromatic carbocycles. The van der Waals surface area contributed by atoms with E-state index < -0.39 is 5.96 Å². The van der Waals surface area contributed by atoms with Gasteiger partial charge in [-0.25, -0.2) is 0 Å². The summed E-state index contributed by atoms with van der Waals surface area (Å²) in [5.74, 6) is -2.53. The van der Waals surface area contributed by atoms with Crippen LogP contribution in [-0.4, -0.2) is 7.11 Å². The van der Waals surface area contributed by atoms with Crippen LogP contribution in [0.2, 0.25) is 0 Å². The van der Waals surface area contributed by atoms with Gasteiger partial charge in [0.25, 0.3) is 0 Å².